The Kier molecular flexibility index (Phi) is 12.5. The standard InChI is InChI=1S/C29H39Cl2N5O5/c1-20-9-10-23(17-26(20)36(22(3)37)19-41-29(39)21(2)33-27(38)18-32)40-16-5-4-11-34-12-14-35(15-13-34)25-8-6-7-24(30)28(25)31/h6-10,17,21H,4-5,11-16,18-19,32H2,1-3H3,(H,33,38). The van der Waals surface area contributed by atoms with Crippen molar-refractivity contribution in [3.8, 4) is 5.75 Å². The number of hydrogen-bond acceptors (Lipinski definition) is 8. The Balaban J connectivity index is 1.44. The smallest absolute Gasteiger partial charge is 0.330 e. The number of nitrogens with zero attached hydrogens (tertiary/aromatic N) is 3. The molecule has 224 valence electrons. The van der Waals surface area contributed by atoms with Gasteiger partial charge in [-0.2, -0.15) is 0 Å². The van der Waals surface area contributed by atoms with Crippen LogP contribution in [0.15, 0.2) is 36.4 Å². The second-order valence-electron chi connectivity index (χ2n) is 9.94. The normalized spacial score (nSPS) is 14.3. The molecule has 1 saturated heterocycles. The van der Waals surface area contributed by atoms with E-state index in [0.717, 1.165) is 56.8 Å². The first-order chi connectivity index (χ1) is 19.6. The van der Waals surface area contributed by atoms with Gasteiger partial charge >= 0.3 is 5.97 Å². The molecule has 41 heavy (non-hydrogen) atoms. The first kappa shape index (κ1) is 32.5. The fourth-order valence-electron chi connectivity index (χ4n) is 4.49. The fraction of sp³-hybridized carbons (Fsp3) is 0.483. The van der Waals surface area contributed by atoms with Crippen LogP contribution in [0.5, 0.6) is 5.75 Å². The van der Waals surface area contributed by atoms with Gasteiger partial charge < -0.3 is 25.4 Å². The number of piperazine rings is 1. The van der Waals surface area contributed by atoms with E-state index in [1.165, 1.54) is 18.7 Å². The quantitative estimate of drug-likeness (QED) is 0.201. The van der Waals surface area contributed by atoms with E-state index in [4.69, 9.17) is 38.4 Å². The molecule has 0 bridgehead atoms. The highest BCUT2D eigenvalue weighted by Crippen LogP contribution is 2.33. The molecule has 1 aliphatic heterocycles. The van der Waals surface area contributed by atoms with Crippen molar-refractivity contribution in [2.75, 3.05) is 62.4 Å². The van der Waals surface area contributed by atoms with Gasteiger partial charge in [-0.15, -0.1) is 0 Å². The third-order valence-electron chi connectivity index (χ3n) is 6.89. The van der Waals surface area contributed by atoms with Crippen molar-refractivity contribution in [2.45, 2.75) is 39.7 Å². The van der Waals surface area contributed by atoms with Gasteiger partial charge in [0.1, 0.15) is 11.8 Å². The third kappa shape index (κ3) is 9.49. The summed E-state index contributed by atoms with van der Waals surface area (Å²) in [5.41, 5.74) is 7.66. The molecule has 1 heterocycles. The number of rotatable bonds is 13. The Bertz CT molecular complexity index is 1210. The van der Waals surface area contributed by atoms with Gasteiger partial charge in [-0.05, 0) is 57.0 Å². The lowest BCUT2D eigenvalue weighted by atomic mass is 10.1. The molecule has 1 unspecified atom stereocenters. The third-order valence-corrected chi connectivity index (χ3v) is 7.69. The van der Waals surface area contributed by atoms with Gasteiger partial charge in [0.05, 0.1) is 34.6 Å². The fourth-order valence-corrected chi connectivity index (χ4v) is 4.90. The van der Waals surface area contributed by atoms with Crippen LogP contribution in [0.4, 0.5) is 11.4 Å². The highest BCUT2D eigenvalue weighted by Gasteiger charge is 2.22. The summed E-state index contributed by atoms with van der Waals surface area (Å²) >= 11 is 12.6. The van der Waals surface area contributed by atoms with E-state index in [1.807, 2.05) is 31.2 Å². The number of unbranched alkanes of at least 4 members (excludes halogenated alkanes) is 1. The molecular weight excluding hydrogens is 569 g/mol. The van der Waals surface area contributed by atoms with E-state index in [9.17, 15) is 14.4 Å². The van der Waals surface area contributed by atoms with Gasteiger partial charge in [0.2, 0.25) is 11.8 Å². The minimum absolute atomic E-state index is 0.235. The molecule has 2 amide bonds. The molecule has 1 aliphatic rings. The van der Waals surface area contributed by atoms with Gasteiger partial charge in [-0.3, -0.25) is 19.4 Å². The number of anilines is 2. The van der Waals surface area contributed by atoms with E-state index >= 15 is 0 Å². The zero-order chi connectivity index (χ0) is 29.9. The average molecular weight is 609 g/mol. The topological polar surface area (TPSA) is 117 Å². The molecule has 10 nitrogen and oxygen atoms in total. The predicted octanol–water partition coefficient (Wildman–Crippen LogP) is 3.60. The zero-order valence-corrected chi connectivity index (χ0v) is 25.3. The molecule has 0 radical (unpaired) electrons. The number of nitrogens with two attached hydrogens (primary N) is 1. The highest BCUT2D eigenvalue weighted by molar-refractivity contribution is 6.43. The van der Waals surface area contributed by atoms with Gasteiger partial charge in [0.25, 0.3) is 0 Å². The number of aryl methyl sites for hydroxylation is 1. The molecule has 0 spiro atoms. The molecule has 3 N–H and O–H groups in total. The van der Waals surface area contributed by atoms with E-state index in [1.54, 1.807) is 12.1 Å². The highest BCUT2D eigenvalue weighted by atomic mass is 35.5. The minimum atomic E-state index is -0.888. The lowest BCUT2D eigenvalue weighted by Crippen LogP contribution is -2.46. The van der Waals surface area contributed by atoms with Crippen LogP contribution in [0.25, 0.3) is 0 Å². The number of halogens is 2. The van der Waals surface area contributed by atoms with Crippen molar-refractivity contribution in [1.82, 2.24) is 10.2 Å². The minimum Gasteiger partial charge on any atom is -0.494 e. The molecule has 2 aromatic carbocycles. The Morgan fingerprint density at radius 1 is 1.10 bits per heavy atom. The average Bonchev–Trinajstić information content (AvgIpc) is 2.95. The SMILES string of the molecule is CC(=O)N(COC(=O)C(C)NC(=O)CN)c1cc(OCCCCN2CCN(c3cccc(Cl)c3Cl)CC2)ccc1C. The first-order valence-corrected chi connectivity index (χ1v) is 14.4. The molecule has 0 aromatic heterocycles. The summed E-state index contributed by atoms with van der Waals surface area (Å²) in [6.45, 7) is 9.43. The van der Waals surface area contributed by atoms with Crippen LogP contribution in [-0.4, -0.2) is 81.3 Å². The lowest BCUT2D eigenvalue weighted by molar-refractivity contribution is -0.147. The molecule has 0 saturated carbocycles. The van der Waals surface area contributed by atoms with Gasteiger partial charge in [-0.1, -0.05) is 35.3 Å². The van der Waals surface area contributed by atoms with E-state index in [-0.39, 0.29) is 19.2 Å². The second kappa shape index (κ2) is 15.8. The molecule has 3 rings (SSSR count). The first-order valence-electron chi connectivity index (χ1n) is 13.7. The lowest BCUT2D eigenvalue weighted by Gasteiger charge is -2.36. The van der Waals surface area contributed by atoms with E-state index in [0.29, 0.717) is 28.1 Å². The van der Waals surface area contributed by atoms with Crippen LogP contribution in [0.2, 0.25) is 10.0 Å². The van der Waals surface area contributed by atoms with Gasteiger partial charge in [0.15, 0.2) is 6.73 Å². The van der Waals surface area contributed by atoms with Crippen molar-refractivity contribution in [3.63, 3.8) is 0 Å². The largest absolute Gasteiger partial charge is 0.494 e. The van der Waals surface area contributed by atoms with Crippen LogP contribution in [0, 0.1) is 6.92 Å². The summed E-state index contributed by atoms with van der Waals surface area (Å²) in [6, 6.07) is 10.3. The molecular formula is C29H39Cl2N5O5. The van der Waals surface area contributed by atoms with Crippen LogP contribution in [-0.2, 0) is 19.1 Å². The van der Waals surface area contributed by atoms with E-state index < -0.39 is 17.9 Å². The Morgan fingerprint density at radius 3 is 2.51 bits per heavy atom. The van der Waals surface area contributed by atoms with Crippen LogP contribution in [0.1, 0.15) is 32.3 Å². The summed E-state index contributed by atoms with van der Waals surface area (Å²) in [4.78, 5) is 42.2. The van der Waals surface area contributed by atoms with E-state index in [2.05, 4.69) is 15.1 Å². The summed E-state index contributed by atoms with van der Waals surface area (Å²) in [7, 11) is 0. The molecule has 1 atom stereocenters. The van der Waals surface area contributed by atoms with Crippen LogP contribution >= 0.6 is 23.2 Å². The predicted molar refractivity (Wildman–Crippen MR) is 162 cm³/mol. The second-order valence-corrected chi connectivity index (χ2v) is 10.7. The summed E-state index contributed by atoms with van der Waals surface area (Å²) < 4.78 is 11.3. The maximum Gasteiger partial charge on any atom is 0.330 e. The summed E-state index contributed by atoms with van der Waals surface area (Å²) in [5.74, 6) is -0.814. The zero-order valence-electron chi connectivity index (χ0n) is 23.8. The number of carbonyl (C=O) groups excluding carboxylic acids is 3. The number of hydrogen-bond donors (Lipinski definition) is 2. The summed E-state index contributed by atoms with van der Waals surface area (Å²) in [6.07, 6.45) is 1.87. The van der Waals surface area contributed by atoms with Gasteiger partial charge in [-0.25, -0.2) is 4.79 Å². The number of esters is 1. The van der Waals surface area contributed by atoms with Crippen molar-refractivity contribution >= 4 is 52.4 Å². The van der Waals surface area contributed by atoms with Crippen molar-refractivity contribution in [3.05, 3.63) is 52.0 Å². The Labute approximate surface area is 251 Å². The number of amides is 2. The number of benzene rings is 2. The number of ether oxygens (including phenoxy) is 2. The molecule has 1 fully saturated rings. The van der Waals surface area contributed by atoms with Gasteiger partial charge in [0, 0.05) is 39.2 Å². The molecule has 2 aromatic rings. The molecule has 12 heteroatoms. The van der Waals surface area contributed by atoms with Crippen LogP contribution in [0.3, 0.4) is 0 Å². The monoisotopic (exact) mass is 607 g/mol. The van der Waals surface area contributed by atoms with Crippen LogP contribution < -0.4 is 25.6 Å². The Hall–Kier alpha value is -3.05. The maximum absolute atomic E-state index is 12.4. The van der Waals surface area contributed by atoms with Crippen molar-refractivity contribution in [2.24, 2.45) is 5.73 Å². The summed E-state index contributed by atoms with van der Waals surface area (Å²) in [5, 5.41) is 3.61. The van der Waals surface area contributed by atoms with Crippen molar-refractivity contribution in [1.29, 1.82) is 0 Å². The number of carbonyl (C=O) groups is 3. The molecule has 0 aliphatic carbocycles. The Morgan fingerprint density at radius 2 is 1.83 bits per heavy atom. The number of nitrogens with one attached hydrogen (secondary N) is 1. The van der Waals surface area contributed by atoms with Crippen molar-refractivity contribution < 1.29 is 23.9 Å². The maximum atomic E-state index is 12.4.